The van der Waals surface area contributed by atoms with E-state index in [1.54, 1.807) is 12.1 Å². The van der Waals surface area contributed by atoms with Gasteiger partial charge < -0.3 is 14.6 Å². The first kappa shape index (κ1) is 15.1. The number of thioether (sulfide) groups is 1. The van der Waals surface area contributed by atoms with E-state index in [9.17, 15) is 9.50 Å². The number of hydrogen-bond acceptors (Lipinski definition) is 4. The number of ether oxygens (including phenoxy) is 2. The van der Waals surface area contributed by atoms with E-state index in [0.717, 1.165) is 30.8 Å². The first-order valence-corrected chi connectivity index (χ1v) is 8.52. The van der Waals surface area contributed by atoms with E-state index in [-0.39, 0.29) is 11.5 Å². The molecule has 1 aromatic rings. The average Bonchev–Trinajstić information content (AvgIpc) is 2.94. The van der Waals surface area contributed by atoms with E-state index in [1.165, 1.54) is 13.2 Å². The first-order chi connectivity index (χ1) is 10.1. The van der Waals surface area contributed by atoms with Crippen molar-refractivity contribution in [3.8, 4) is 5.75 Å². The lowest BCUT2D eigenvalue weighted by Gasteiger charge is -2.39. The van der Waals surface area contributed by atoms with Gasteiger partial charge in [-0.1, -0.05) is 0 Å². The molecule has 3 atom stereocenters. The number of rotatable bonds is 3. The van der Waals surface area contributed by atoms with Crippen LogP contribution in [0.4, 0.5) is 4.39 Å². The Balaban J connectivity index is 1.76. The molecular weight excluding hydrogens is 291 g/mol. The van der Waals surface area contributed by atoms with Crippen molar-refractivity contribution >= 4 is 11.8 Å². The molecule has 1 spiro atoms. The normalized spacial score (nSPS) is 30.5. The van der Waals surface area contributed by atoms with E-state index >= 15 is 0 Å². The second-order valence-electron chi connectivity index (χ2n) is 5.92. The van der Waals surface area contributed by atoms with E-state index in [0.29, 0.717) is 17.9 Å². The Hall–Kier alpha value is -0.780. The predicted molar refractivity (Wildman–Crippen MR) is 81.3 cm³/mol. The van der Waals surface area contributed by atoms with Gasteiger partial charge in [-0.15, -0.1) is 0 Å². The Morgan fingerprint density at radius 2 is 2.38 bits per heavy atom. The molecule has 0 radical (unpaired) electrons. The zero-order valence-corrected chi connectivity index (χ0v) is 13.0. The number of aliphatic hydroxyl groups excluding tert-OH is 1. The Morgan fingerprint density at radius 3 is 3.05 bits per heavy atom. The Morgan fingerprint density at radius 1 is 1.52 bits per heavy atom. The van der Waals surface area contributed by atoms with Gasteiger partial charge in [-0.3, -0.25) is 0 Å². The second-order valence-corrected chi connectivity index (χ2v) is 7.02. The summed E-state index contributed by atoms with van der Waals surface area (Å²) >= 11 is 1.90. The van der Waals surface area contributed by atoms with E-state index in [2.05, 4.69) is 0 Å². The summed E-state index contributed by atoms with van der Waals surface area (Å²) in [5.74, 6) is 2.23. The molecule has 3 nitrogen and oxygen atoms in total. The van der Waals surface area contributed by atoms with Crippen molar-refractivity contribution in [2.75, 3.05) is 25.2 Å². The zero-order chi connectivity index (χ0) is 14.9. The van der Waals surface area contributed by atoms with Crippen LogP contribution in [0.1, 0.15) is 30.9 Å². The van der Waals surface area contributed by atoms with E-state index in [4.69, 9.17) is 9.47 Å². The van der Waals surface area contributed by atoms with Crippen LogP contribution in [0, 0.1) is 11.7 Å². The van der Waals surface area contributed by atoms with Crippen molar-refractivity contribution < 1.29 is 19.0 Å². The Labute approximate surface area is 128 Å². The standard InChI is InChI=1S/C16H21FO3S/c1-19-12-2-3-13(14(17)8-12)15(18)11-4-6-20-16(9-11)5-7-21-10-16/h2-3,8,11,15,18H,4-7,9-10H2,1H3. The van der Waals surface area contributed by atoms with Gasteiger partial charge >= 0.3 is 0 Å². The van der Waals surface area contributed by atoms with Gasteiger partial charge in [0, 0.05) is 24.0 Å². The number of hydrogen-bond donors (Lipinski definition) is 1. The molecule has 2 aliphatic rings. The molecule has 2 saturated heterocycles. The molecular formula is C16H21FO3S. The topological polar surface area (TPSA) is 38.7 Å². The summed E-state index contributed by atoms with van der Waals surface area (Å²) in [5, 5.41) is 10.6. The molecule has 0 aromatic heterocycles. The van der Waals surface area contributed by atoms with Crippen LogP contribution in [0.2, 0.25) is 0 Å². The van der Waals surface area contributed by atoms with Crippen LogP contribution < -0.4 is 4.74 Å². The second kappa shape index (κ2) is 6.15. The molecule has 3 rings (SSSR count). The summed E-state index contributed by atoms with van der Waals surface area (Å²) in [6, 6.07) is 4.66. The molecule has 0 bridgehead atoms. The van der Waals surface area contributed by atoms with Crippen LogP contribution in [-0.2, 0) is 4.74 Å². The number of halogens is 1. The van der Waals surface area contributed by atoms with Crippen LogP contribution >= 0.6 is 11.8 Å². The number of benzene rings is 1. The molecule has 2 aliphatic heterocycles. The van der Waals surface area contributed by atoms with Crippen LogP contribution in [0.5, 0.6) is 5.75 Å². The third-order valence-electron chi connectivity index (χ3n) is 4.57. The molecule has 2 heterocycles. The first-order valence-electron chi connectivity index (χ1n) is 7.37. The summed E-state index contributed by atoms with van der Waals surface area (Å²) < 4.78 is 25.1. The SMILES string of the molecule is COc1ccc(C(O)C2CCOC3(CCSC3)C2)c(F)c1. The van der Waals surface area contributed by atoms with Crippen LogP contribution in [0.15, 0.2) is 18.2 Å². The minimum atomic E-state index is -0.776. The van der Waals surface area contributed by atoms with Crippen molar-refractivity contribution in [2.45, 2.75) is 31.0 Å². The van der Waals surface area contributed by atoms with Gasteiger partial charge in [0.25, 0.3) is 0 Å². The summed E-state index contributed by atoms with van der Waals surface area (Å²) in [6.45, 7) is 0.653. The fourth-order valence-electron chi connectivity index (χ4n) is 3.33. The monoisotopic (exact) mass is 312 g/mol. The van der Waals surface area contributed by atoms with Gasteiger partial charge in [-0.25, -0.2) is 4.39 Å². The third-order valence-corrected chi connectivity index (χ3v) is 5.79. The van der Waals surface area contributed by atoms with Crippen LogP contribution in [0.25, 0.3) is 0 Å². The van der Waals surface area contributed by atoms with Crippen molar-refractivity contribution in [3.05, 3.63) is 29.6 Å². The fourth-order valence-corrected chi connectivity index (χ4v) is 4.71. The molecule has 5 heteroatoms. The van der Waals surface area contributed by atoms with Gasteiger partial charge in [-0.2, -0.15) is 11.8 Å². The van der Waals surface area contributed by atoms with Crippen molar-refractivity contribution in [1.82, 2.24) is 0 Å². The van der Waals surface area contributed by atoms with E-state index in [1.807, 2.05) is 11.8 Å². The van der Waals surface area contributed by atoms with Gasteiger partial charge in [0.05, 0.1) is 18.8 Å². The fraction of sp³-hybridized carbons (Fsp3) is 0.625. The molecule has 3 unspecified atom stereocenters. The molecule has 1 N–H and O–H groups in total. The van der Waals surface area contributed by atoms with Crippen molar-refractivity contribution in [2.24, 2.45) is 5.92 Å². The maximum atomic E-state index is 14.1. The summed E-state index contributed by atoms with van der Waals surface area (Å²) in [7, 11) is 1.50. The molecule has 0 amide bonds. The van der Waals surface area contributed by atoms with E-state index < -0.39 is 11.9 Å². The molecule has 0 saturated carbocycles. The lowest BCUT2D eigenvalue weighted by Crippen LogP contribution is -2.41. The van der Waals surface area contributed by atoms with Gasteiger partial charge in [-0.05, 0) is 43.1 Å². The molecule has 0 aliphatic carbocycles. The highest BCUT2D eigenvalue weighted by Crippen LogP contribution is 2.44. The largest absolute Gasteiger partial charge is 0.497 e. The lowest BCUT2D eigenvalue weighted by atomic mass is 9.80. The summed E-state index contributed by atoms with van der Waals surface area (Å²) in [5.41, 5.74) is 0.265. The van der Waals surface area contributed by atoms with Gasteiger partial charge in [0.15, 0.2) is 0 Å². The average molecular weight is 312 g/mol. The summed E-state index contributed by atoms with van der Waals surface area (Å²) in [4.78, 5) is 0. The van der Waals surface area contributed by atoms with Crippen LogP contribution in [0.3, 0.4) is 0 Å². The molecule has 2 fully saturated rings. The van der Waals surface area contributed by atoms with Crippen molar-refractivity contribution in [1.29, 1.82) is 0 Å². The predicted octanol–water partition coefficient (Wildman–Crippen LogP) is 3.17. The summed E-state index contributed by atoms with van der Waals surface area (Å²) in [6.07, 6.45) is 1.85. The highest BCUT2D eigenvalue weighted by Gasteiger charge is 2.42. The zero-order valence-electron chi connectivity index (χ0n) is 12.2. The van der Waals surface area contributed by atoms with Crippen molar-refractivity contribution in [3.63, 3.8) is 0 Å². The quantitative estimate of drug-likeness (QED) is 0.930. The smallest absolute Gasteiger partial charge is 0.132 e. The highest BCUT2D eigenvalue weighted by atomic mass is 32.2. The molecule has 1 aromatic carbocycles. The minimum absolute atomic E-state index is 0.0559. The minimum Gasteiger partial charge on any atom is -0.497 e. The number of aliphatic hydroxyl groups is 1. The van der Waals surface area contributed by atoms with Gasteiger partial charge in [0.1, 0.15) is 11.6 Å². The molecule has 21 heavy (non-hydrogen) atoms. The maximum Gasteiger partial charge on any atom is 0.132 e. The van der Waals surface area contributed by atoms with Gasteiger partial charge in [0.2, 0.25) is 0 Å². The number of methoxy groups -OCH3 is 1. The molecule has 116 valence electrons. The Kier molecular flexibility index (Phi) is 4.43. The highest BCUT2D eigenvalue weighted by molar-refractivity contribution is 7.99. The maximum absolute atomic E-state index is 14.1. The Bertz CT molecular complexity index is 502. The third kappa shape index (κ3) is 3.05. The lowest BCUT2D eigenvalue weighted by molar-refractivity contribution is -0.102. The van der Waals surface area contributed by atoms with Crippen LogP contribution in [-0.4, -0.2) is 35.9 Å².